The molecule has 1 aliphatic carbocycles. The van der Waals surface area contributed by atoms with E-state index in [9.17, 15) is 4.79 Å². The number of esters is 1. The Bertz CT molecular complexity index is 251. The smallest absolute Gasteiger partial charge is 0.323 e. The third kappa shape index (κ3) is 3.86. The number of nitrogens with one attached hydrogen (secondary N) is 1. The second kappa shape index (κ2) is 7.29. The molecule has 0 aromatic carbocycles. The molecule has 0 amide bonds. The molecule has 16 heavy (non-hydrogen) atoms. The van der Waals surface area contributed by atoms with Crippen LogP contribution in [0.2, 0.25) is 0 Å². The van der Waals surface area contributed by atoms with Crippen LogP contribution in [-0.2, 0) is 9.53 Å². The molecule has 1 saturated carbocycles. The van der Waals surface area contributed by atoms with E-state index in [1.807, 2.05) is 6.92 Å². The van der Waals surface area contributed by atoms with Gasteiger partial charge in [0.05, 0.1) is 13.2 Å². The van der Waals surface area contributed by atoms with Gasteiger partial charge in [-0.15, -0.1) is 6.42 Å². The number of hydrogen-bond acceptors (Lipinski definition) is 3. The van der Waals surface area contributed by atoms with Gasteiger partial charge < -0.3 is 4.74 Å². The van der Waals surface area contributed by atoms with E-state index < -0.39 is 0 Å². The molecule has 0 aromatic heterocycles. The molecule has 0 saturated heterocycles. The molecule has 1 rings (SSSR count). The third-order valence-electron chi connectivity index (χ3n) is 3.09. The van der Waals surface area contributed by atoms with Crippen LogP contribution >= 0.6 is 0 Å². The van der Waals surface area contributed by atoms with E-state index in [0.717, 1.165) is 12.8 Å². The highest BCUT2D eigenvalue weighted by Gasteiger charge is 2.29. The van der Waals surface area contributed by atoms with Gasteiger partial charge in [0.1, 0.15) is 6.04 Å². The van der Waals surface area contributed by atoms with Crippen molar-refractivity contribution in [3.05, 3.63) is 0 Å². The average molecular weight is 223 g/mol. The monoisotopic (exact) mass is 223 g/mol. The summed E-state index contributed by atoms with van der Waals surface area (Å²) in [6.07, 6.45) is 11.1. The minimum absolute atomic E-state index is 0.148. The molecule has 0 radical (unpaired) electrons. The van der Waals surface area contributed by atoms with Crippen molar-refractivity contribution in [2.45, 2.75) is 45.1 Å². The summed E-state index contributed by atoms with van der Waals surface area (Å²) < 4.78 is 5.08. The van der Waals surface area contributed by atoms with Gasteiger partial charge in [0.25, 0.3) is 0 Å². The van der Waals surface area contributed by atoms with Crippen molar-refractivity contribution < 1.29 is 9.53 Å². The summed E-state index contributed by atoms with van der Waals surface area (Å²) in [5.41, 5.74) is 0. The van der Waals surface area contributed by atoms with Crippen molar-refractivity contribution in [2.75, 3.05) is 13.2 Å². The summed E-state index contributed by atoms with van der Waals surface area (Å²) in [5, 5.41) is 3.11. The lowest BCUT2D eigenvalue weighted by atomic mass is 9.84. The van der Waals surface area contributed by atoms with Gasteiger partial charge in [0.15, 0.2) is 0 Å². The molecule has 0 bridgehead atoms. The fourth-order valence-corrected chi connectivity index (χ4v) is 2.31. The zero-order valence-corrected chi connectivity index (χ0v) is 10.00. The minimum Gasteiger partial charge on any atom is -0.465 e. The van der Waals surface area contributed by atoms with Crippen molar-refractivity contribution in [1.29, 1.82) is 0 Å². The largest absolute Gasteiger partial charge is 0.465 e. The highest BCUT2D eigenvalue weighted by molar-refractivity contribution is 5.76. The standard InChI is InChI=1S/C13H21NO2/c1-3-10-14-12(13(15)16-4-2)11-8-6-5-7-9-11/h1,11-12,14H,4-10H2,2H3. The quantitative estimate of drug-likeness (QED) is 0.569. The van der Waals surface area contributed by atoms with Crippen LogP contribution in [0, 0.1) is 18.3 Å². The van der Waals surface area contributed by atoms with Crippen LogP contribution in [0.3, 0.4) is 0 Å². The van der Waals surface area contributed by atoms with Crippen molar-refractivity contribution in [3.63, 3.8) is 0 Å². The topological polar surface area (TPSA) is 38.3 Å². The maximum absolute atomic E-state index is 11.8. The Morgan fingerprint density at radius 1 is 1.50 bits per heavy atom. The Morgan fingerprint density at radius 2 is 2.19 bits per heavy atom. The summed E-state index contributed by atoms with van der Waals surface area (Å²) in [6.45, 7) is 2.69. The summed E-state index contributed by atoms with van der Waals surface area (Å²) in [5.74, 6) is 2.76. The first-order valence-electron chi connectivity index (χ1n) is 6.13. The van der Waals surface area contributed by atoms with Crippen LogP contribution in [0.1, 0.15) is 39.0 Å². The molecular formula is C13H21NO2. The van der Waals surface area contributed by atoms with Crippen LogP contribution in [0.4, 0.5) is 0 Å². The summed E-state index contributed by atoms with van der Waals surface area (Å²) in [6, 6.07) is -0.212. The predicted octanol–water partition coefficient (Wildman–Crippen LogP) is 1.72. The second-order valence-corrected chi connectivity index (χ2v) is 4.21. The van der Waals surface area contributed by atoms with E-state index in [1.165, 1.54) is 19.3 Å². The highest BCUT2D eigenvalue weighted by atomic mass is 16.5. The molecule has 0 heterocycles. The molecule has 1 aliphatic rings. The first-order valence-corrected chi connectivity index (χ1v) is 6.13. The molecule has 3 nitrogen and oxygen atoms in total. The first-order chi connectivity index (χ1) is 7.79. The Hall–Kier alpha value is -1.01. The van der Waals surface area contributed by atoms with Crippen LogP contribution in [0.15, 0.2) is 0 Å². The van der Waals surface area contributed by atoms with Gasteiger partial charge >= 0.3 is 5.97 Å². The van der Waals surface area contributed by atoms with E-state index >= 15 is 0 Å². The zero-order chi connectivity index (χ0) is 11.8. The fraction of sp³-hybridized carbons (Fsp3) is 0.769. The van der Waals surface area contributed by atoms with Gasteiger partial charge in [-0.1, -0.05) is 25.2 Å². The van der Waals surface area contributed by atoms with E-state index in [1.54, 1.807) is 0 Å². The van der Waals surface area contributed by atoms with Crippen LogP contribution in [-0.4, -0.2) is 25.2 Å². The van der Waals surface area contributed by atoms with Crippen LogP contribution < -0.4 is 5.32 Å². The fourth-order valence-electron chi connectivity index (χ4n) is 2.31. The van der Waals surface area contributed by atoms with Gasteiger partial charge in [-0.05, 0) is 25.7 Å². The van der Waals surface area contributed by atoms with Crippen molar-refractivity contribution in [1.82, 2.24) is 5.32 Å². The molecule has 3 heteroatoms. The minimum atomic E-state index is -0.212. The number of terminal acetylenes is 1. The Kier molecular flexibility index (Phi) is 5.95. The normalized spacial score (nSPS) is 18.8. The molecule has 1 atom stereocenters. The molecule has 1 N–H and O–H groups in total. The first kappa shape index (κ1) is 13.1. The van der Waals surface area contributed by atoms with Gasteiger partial charge in [-0.25, -0.2) is 0 Å². The van der Waals surface area contributed by atoms with Gasteiger partial charge in [0, 0.05) is 0 Å². The molecule has 0 spiro atoms. The van der Waals surface area contributed by atoms with Gasteiger partial charge in [-0.3, -0.25) is 10.1 Å². The second-order valence-electron chi connectivity index (χ2n) is 4.21. The van der Waals surface area contributed by atoms with E-state index in [4.69, 9.17) is 11.2 Å². The summed E-state index contributed by atoms with van der Waals surface area (Å²) >= 11 is 0. The maximum atomic E-state index is 11.8. The number of rotatable bonds is 5. The Balaban J connectivity index is 2.54. The summed E-state index contributed by atoms with van der Waals surface area (Å²) in [7, 11) is 0. The number of hydrogen-bond donors (Lipinski definition) is 1. The molecule has 0 aliphatic heterocycles. The maximum Gasteiger partial charge on any atom is 0.323 e. The van der Waals surface area contributed by atoms with Gasteiger partial charge in [-0.2, -0.15) is 0 Å². The lowest BCUT2D eigenvalue weighted by molar-refractivity contribution is -0.147. The Morgan fingerprint density at radius 3 is 2.75 bits per heavy atom. The lowest BCUT2D eigenvalue weighted by Crippen LogP contribution is -2.44. The molecule has 90 valence electrons. The van der Waals surface area contributed by atoms with E-state index in [-0.39, 0.29) is 12.0 Å². The van der Waals surface area contributed by atoms with Gasteiger partial charge in [0.2, 0.25) is 0 Å². The van der Waals surface area contributed by atoms with Crippen molar-refractivity contribution >= 4 is 5.97 Å². The van der Waals surface area contributed by atoms with Crippen LogP contribution in [0.25, 0.3) is 0 Å². The number of ether oxygens (including phenoxy) is 1. The van der Waals surface area contributed by atoms with E-state index in [2.05, 4.69) is 11.2 Å². The highest BCUT2D eigenvalue weighted by Crippen LogP contribution is 2.27. The lowest BCUT2D eigenvalue weighted by Gasteiger charge is -2.28. The van der Waals surface area contributed by atoms with Crippen molar-refractivity contribution in [2.24, 2.45) is 5.92 Å². The van der Waals surface area contributed by atoms with Crippen molar-refractivity contribution in [3.8, 4) is 12.3 Å². The SMILES string of the molecule is C#CCNC(C(=O)OCC)C1CCCCC1. The number of carbonyl (C=O) groups excluding carboxylic acids is 1. The average Bonchev–Trinajstić information content (AvgIpc) is 2.31. The molecular weight excluding hydrogens is 202 g/mol. The molecule has 1 unspecified atom stereocenters. The predicted molar refractivity (Wildman–Crippen MR) is 63.8 cm³/mol. The summed E-state index contributed by atoms with van der Waals surface area (Å²) in [4.78, 5) is 11.8. The zero-order valence-electron chi connectivity index (χ0n) is 10.00. The number of carbonyl (C=O) groups is 1. The molecule has 1 fully saturated rings. The van der Waals surface area contributed by atoms with Crippen LogP contribution in [0.5, 0.6) is 0 Å². The van der Waals surface area contributed by atoms with E-state index in [0.29, 0.717) is 19.1 Å². The third-order valence-corrected chi connectivity index (χ3v) is 3.09. The Labute approximate surface area is 97.9 Å². The molecule has 0 aromatic rings.